The van der Waals surface area contributed by atoms with Crippen molar-refractivity contribution in [3.63, 3.8) is 0 Å². The molecule has 1 aromatic carbocycles. The summed E-state index contributed by atoms with van der Waals surface area (Å²) in [6.45, 7) is 23.7. The molecule has 0 radical (unpaired) electrons. The van der Waals surface area contributed by atoms with E-state index in [0.717, 1.165) is 39.6 Å². The SMILES string of the molecule is C=C(/C=C\c1c(C)ccc(-c2c(C3CCCCC3)c3sc(C(=O)O)cc3n2CCC)c1C)c1sc(C)nc1C.CC(=O)CC(C)(C)C. The van der Waals surface area contributed by atoms with E-state index in [-0.39, 0.29) is 11.2 Å². The standard InChI is InChI=1S/C33H38N2O2S2.C7H14O/c1-7-17-35-27-18-28(33(36)37)39-32(27)29(24-11-9-8-10-12-24)30(35)26-16-13-19(2)25(21(26)4)15-14-20(3)31-22(5)34-23(6)38-31;1-6(8)5-7(2,3)4/h13-16,18,24H,3,7-12,17H2,1-2,4-6H3,(H,36,37);5H2,1-4H3/b15-14-;. The van der Waals surface area contributed by atoms with Gasteiger partial charge in [0, 0.05) is 18.5 Å². The van der Waals surface area contributed by atoms with Gasteiger partial charge in [-0.05, 0) is 99.1 Å². The summed E-state index contributed by atoms with van der Waals surface area (Å²) in [5.41, 5.74) is 10.9. The zero-order valence-corrected chi connectivity index (χ0v) is 31.4. The second-order valence-electron chi connectivity index (χ2n) is 14.3. The van der Waals surface area contributed by atoms with Crippen LogP contribution in [0.2, 0.25) is 0 Å². The second kappa shape index (κ2) is 15.3. The summed E-state index contributed by atoms with van der Waals surface area (Å²) in [5.74, 6) is -0.0925. The first-order valence-electron chi connectivity index (χ1n) is 16.9. The minimum absolute atomic E-state index is 0.172. The minimum atomic E-state index is -0.832. The van der Waals surface area contributed by atoms with E-state index in [1.165, 1.54) is 81.7 Å². The van der Waals surface area contributed by atoms with Crippen LogP contribution in [0, 0.1) is 33.1 Å². The zero-order chi connectivity index (χ0) is 34.6. The maximum absolute atomic E-state index is 12.0. The number of rotatable bonds is 9. The molecule has 5 nitrogen and oxygen atoms in total. The summed E-state index contributed by atoms with van der Waals surface area (Å²) in [4.78, 5) is 28.6. The molecule has 5 rings (SSSR count). The van der Waals surface area contributed by atoms with Crippen molar-refractivity contribution in [2.75, 3.05) is 0 Å². The summed E-state index contributed by atoms with van der Waals surface area (Å²) in [6, 6.07) is 6.42. The first-order chi connectivity index (χ1) is 22.1. The topological polar surface area (TPSA) is 72.2 Å². The first-order valence-corrected chi connectivity index (χ1v) is 18.6. The van der Waals surface area contributed by atoms with Gasteiger partial charge in [0.05, 0.1) is 31.5 Å². The molecule has 1 aliphatic carbocycles. The number of carboxylic acid groups (broad SMARTS) is 1. The molecule has 1 N–H and O–H groups in total. The van der Waals surface area contributed by atoms with E-state index in [0.29, 0.717) is 17.2 Å². The third-order valence-electron chi connectivity index (χ3n) is 8.86. The number of thiophene rings is 1. The number of aromatic nitrogens is 2. The van der Waals surface area contributed by atoms with E-state index in [4.69, 9.17) is 0 Å². The fraction of sp³-hybridized carbons (Fsp3) is 0.475. The molecule has 47 heavy (non-hydrogen) atoms. The molecule has 0 spiro atoms. The largest absolute Gasteiger partial charge is 0.477 e. The second-order valence-corrected chi connectivity index (χ2v) is 16.5. The highest BCUT2D eigenvalue weighted by Gasteiger charge is 2.29. The highest BCUT2D eigenvalue weighted by Crippen LogP contribution is 2.48. The fourth-order valence-corrected chi connectivity index (χ4v) is 8.98. The average molecular weight is 673 g/mol. The summed E-state index contributed by atoms with van der Waals surface area (Å²) in [6.07, 6.45) is 12.1. The Morgan fingerprint density at radius 3 is 2.30 bits per heavy atom. The van der Waals surface area contributed by atoms with E-state index in [1.807, 2.05) is 19.9 Å². The van der Waals surface area contributed by atoms with Gasteiger partial charge in [-0.1, -0.05) is 77.8 Å². The highest BCUT2D eigenvalue weighted by molar-refractivity contribution is 7.21. The van der Waals surface area contributed by atoms with Crippen LogP contribution in [0.5, 0.6) is 0 Å². The van der Waals surface area contributed by atoms with Crippen LogP contribution < -0.4 is 0 Å². The number of hydrogen-bond donors (Lipinski definition) is 1. The van der Waals surface area contributed by atoms with E-state index in [9.17, 15) is 14.7 Å². The van der Waals surface area contributed by atoms with Gasteiger partial charge in [0.25, 0.3) is 0 Å². The molecule has 0 saturated heterocycles. The lowest BCUT2D eigenvalue weighted by Gasteiger charge is -2.24. The Hall–Kier alpha value is -3.29. The van der Waals surface area contributed by atoms with Crippen molar-refractivity contribution in [1.82, 2.24) is 9.55 Å². The number of allylic oxidation sites excluding steroid dienone is 2. The molecule has 4 aromatic rings. The number of carbonyl (C=O) groups excluding carboxylic acids is 1. The van der Waals surface area contributed by atoms with Crippen LogP contribution in [-0.2, 0) is 11.3 Å². The number of carbonyl (C=O) groups is 2. The molecule has 0 unspecified atom stereocenters. The predicted octanol–water partition coefficient (Wildman–Crippen LogP) is 12.0. The van der Waals surface area contributed by atoms with Gasteiger partial charge in [-0.2, -0.15) is 0 Å². The molecule has 3 heterocycles. The maximum Gasteiger partial charge on any atom is 0.345 e. The van der Waals surface area contributed by atoms with Gasteiger partial charge in [0.1, 0.15) is 10.7 Å². The van der Waals surface area contributed by atoms with Crippen LogP contribution in [-0.4, -0.2) is 26.4 Å². The van der Waals surface area contributed by atoms with E-state index in [1.54, 1.807) is 18.3 Å². The molecular formula is C40H52N2O3S2. The number of hydrogen-bond acceptors (Lipinski definition) is 5. The molecule has 1 aliphatic rings. The Bertz CT molecular complexity index is 1800. The van der Waals surface area contributed by atoms with Gasteiger partial charge >= 0.3 is 5.97 Å². The summed E-state index contributed by atoms with van der Waals surface area (Å²) < 4.78 is 3.58. The molecule has 252 valence electrons. The van der Waals surface area contributed by atoms with Crippen LogP contribution >= 0.6 is 22.7 Å². The quantitative estimate of drug-likeness (QED) is 0.180. The lowest BCUT2D eigenvalue weighted by Crippen LogP contribution is -2.09. The molecular weight excluding hydrogens is 621 g/mol. The smallest absolute Gasteiger partial charge is 0.345 e. The monoisotopic (exact) mass is 672 g/mol. The number of benzene rings is 1. The Morgan fingerprint density at radius 1 is 1.09 bits per heavy atom. The van der Waals surface area contributed by atoms with E-state index in [2.05, 4.69) is 82.0 Å². The normalized spacial score (nSPS) is 14.1. The molecule has 0 bridgehead atoms. The summed E-state index contributed by atoms with van der Waals surface area (Å²) >= 11 is 3.15. The number of fused-ring (bicyclic) bond motifs is 1. The van der Waals surface area contributed by atoms with Crippen LogP contribution in [0.15, 0.2) is 30.9 Å². The van der Waals surface area contributed by atoms with Crippen molar-refractivity contribution in [3.8, 4) is 11.3 Å². The van der Waals surface area contributed by atoms with Gasteiger partial charge in [-0.15, -0.1) is 22.7 Å². The van der Waals surface area contributed by atoms with E-state index >= 15 is 0 Å². The lowest BCUT2D eigenvalue weighted by atomic mass is 9.82. The predicted molar refractivity (Wildman–Crippen MR) is 202 cm³/mol. The summed E-state index contributed by atoms with van der Waals surface area (Å²) in [5, 5.41) is 10.9. The number of ketones is 1. The Balaban J connectivity index is 0.000000555. The van der Waals surface area contributed by atoms with Gasteiger partial charge in [-0.3, -0.25) is 0 Å². The van der Waals surface area contributed by atoms with Gasteiger partial charge < -0.3 is 14.5 Å². The van der Waals surface area contributed by atoms with Crippen molar-refractivity contribution in [1.29, 1.82) is 0 Å². The Kier molecular flexibility index (Phi) is 11.9. The third kappa shape index (κ3) is 8.60. The number of thiazole rings is 1. The van der Waals surface area contributed by atoms with Crippen molar-refractivity contribution < 1.29 is 14.7 Å². The van der Waals surface area contributed by atoms with Crippen LogP contribution in [0.3, 0.4) is 0 Å². The van der Waals surface area contributed by atoms with Crippen molar-refractivity contribution in [2.45, 2.75) is 120 Å². The number of Topliss-reactive ketones (excluding diaryl/α,β-unsaturated/α-hetero) is 1. The van der Waals surface area contributed by atoms with Crippen LogP contribution in [0.25, 0.3) is 33.1 Å². The van der Waals surface area contributed by atoms with Gasteiger partial charge in [0.2, 0.25) is 0 Å². The minimum Gasteiger partial charge on any atom is -0.477 e. The van der Waals surface area contributed by atoms with Crippen molar-refractivity contribution in [3.05, 3.63) is 73.6 Å². The highest BCUT2D eigenvalue weighted by atomic mass is 32.1. The summed E-state index contributed by atoms with van der Waals surface area (Å²) in [7, 11) is 0. The Morgan fingerprint density at radius 2 is 1.77 bits per heavy atom. The number of aromatic carboxylic acids is 1. The van der Waals surface area contributed by atoms with E-state index < -0.39 is 5.97 Å². The first kappa shape index (κ1) is 36.5. The molecule has 3 aromatic heterocycles. The van der Waals surface area contributed by atoms with Crippen molar-refractivity contribution in [2.24, 2.45) is 5.41 Å². The number of aryl methyl sites for hydroxylation is 4. The Labute approximate surface area is 289 Å². The molecule has 1 fully saturated rings. The third-order valence-corrected chi connectivity index (χ3v) is 11.2. The number of carboxylic acids is 1. The fourth-order valence-electron chi connectivity index (χ4n) is 6.98. The average Bonchev–Trinajstić information content (AvgIpc) is 3.65. The molecule has 0 atom stereocenters. The van der Waals surface area contributed by atoms with Crippen molar-refractivity contribution >= 4 is 56.3 Å². The molecule has 1 saturated carbocycles. The lowest BCUT2D eigenvalue weighted by molar-refractivity contribution is -0.118. The van der Waals surface area contributed by atoms with Gasteiger partial charge in [-0.25, -0.2) is 9.78 Å². The maximum atomic E-state index is 12.0. The molecule has 0 aliphatic heterocycles. The molecule has 0 amide bonds. The number of nitrogens with zero attached hydrogens (tertiary/aromatic N) is 2. The van der Waals surface area contributed by atoms with Gasteiger partial charge in [0.15, 0.2) is 0 Å². The molecule has 7 heteroatoms. The van der Waals surface area contributed by atoms with Crippen LogP contribution in [0.4, 0.5) is 0 Å². The zero-order valence-electron chi connectivity index (χ0n) is 29.8. The van der Waals surface area contributed by atoms with Crippen LogP contribution in [0.1, 0.15) is 133 Å².